The number of carbonyl (C=O) groups excluding carboxylic acids is 1. The van der Waals surface area contributed by atoms with Crippen molar-refractivity contribution in [3.05, 3.63) is 58.1 Å². The molecule has 0 aliphatic carbocycles. The molecule has 2 rings (SSSR count). The van der Waals surface area contributed by atoms with E-state index < -0.39 is 4.92 Å². The summed E-state index contributed by atoms with van der Waals surface area (Å²) in [6.45, 7) is 6.01. The van der Waals surface area contributed by atoms with Gasteiger partial charge in [0.25, 0.3) is 11.6 Å². The van der Waals surface area contributed by atoms with E-state index in [2.05, 4.69) is 26.1 Å². The molecule has 0 saturated heterocycles. The van der Waals surface area contributed by atoms with Crippen molar-refractivity contribution in [3.63, 3.8) is 0 Å². The highest BCUT2D eigenvalue weighted by molar-refractivity contribution is 5.93. The summed E-state index contributed by atoms with van der Waals surface area (Å²) in [6.07, 6.45) is 0. The molecule has 138 valence electrons. The molecule has 1 amide bonds. The molecular weight excluding hydrogens is 336 g/mol. The molecular formula is C19H22N2O5. The van der Waals surface area contributed by atoms with Crippen molar-refractivity contribution >= 4 is 17.3 Å². The summed E-state index contributed by atoms with van der Waals surface area (Å²) < 4.78 is 10.8. The first-order valence-electron chi connectivity index (χ1n) is 8.07. The summed E-state index contributed by atoms with van der Waals surface area (Å²) in [4.78, 5) is 22.5. The molecule has 26 heavy (non-hydrogen) atoms. The van der Waals surface area contributed by atoms with Crippen molar-refractivity contribution in [1.82, 2.24) is 0 Å². The van der Waals surface area contributed by atoms with E-state index in [0.717, 1.165) is 5.56 Å². The summed E-state index contributed by atoms with van der Waals surface area (Å²) in [5, 5.41) is 13.5. The zero-order chi connectivity index (χ0) is 19.3. The first kappa shape index (κ1) is 19.2. The number of para-hydroxylation sites is 1. The molecule has 2 aromatic carbocycles. The van der Waals surface area contributed by atoms with E-state index in [-0.39, 0.29) is 29.4 Å². The van der Waals surface area contributed by atoms with Crippen LogP contribution in [0.1, 0.15) is 26.3 Å². The number of nitro groups is 1. The molecule has 0 spiro atoms. The van der Waals surface area contributed by atoms with Gasteiger partial charge in [0, 0.05) is 6.07 Å². The fourth-order valence-electron chi connectivity index (χ4n) is 2.44. The Morgan fingerprint density at radius 2 is 1.85 bits per heavy atom. The van der Waals surface area contributed by atoms with E-state index in [1.54, 1.807) is 0 Å². The summed E-state index contributed by atoms with van der Waals surface area (Å²) in [5.74, 6) is 0.467. The molecule has 0 unspecified atom stereocenters. The highest BCUT2D eigenvalue weighted by Gasteiger charge is 2.19. The number of carbonyl (C=O) groups is 1. The Balaban J connectivity index is 2.08. The molecule has 0 aliphatic rings. The average Bonchev–Trinajstić information content (AvgIpc) is 2.59. The van der Waals surface area contributed by atoms with Gasteiger partial charge in [-0.3, -0.25) is 14.9 Å². The lowest BCUT2D eigenvalue weighted by molar-refractivity contribution is -0.384. The van der Waals surface area contributed by atoms with Crippen LogP contribution in [0.25, 0.3) is 0 Å². The zero-order valence-corrected chi connectivity index (χ0v) is 15.2. The van der Waals surface area contributed by atoms with Crippen LogP contribution < -0.4 is 14.8 Å². The standard InChI is InChI=1S/C19H22N2O5/c1-19(2,3)14-7-5-6-8-16(14)26-12-18(22)20-15-10-9-13(21(23)24)11-17(15)25-4/h5-11H,12H2,1-4H3,(H,20,22). The lowest BCUT2D eigenvalue weighted by atomic mass is 9.86. The third-order valence-electron chi connectivity index (χ3n) is 3.72. The van der Waals surface area contributed by atoms with Gasteiger partial charge in [0.2, 0.25) is 0 Å². The van der Waals surface area contributed by atoms with Gasteiger partial charge in [-0.05, 0) is 23.1 Å². The summed E-state index contributed by atoms with van der Waals surface area (Å²) in [6, 6.07) is 11.5. The minimum atomic E-state index is -0.527. The number of amides is 1. The van der Waals surface area contributed by atoms with E-state index >= 15 is 0 Å². The number of anilines is 1. The summed E-state index contributed by atoms with van der Waals surface area (Å²) in [5.41, 5.74) is 1.11. The predicted molar refractivity (Wildman–Crippen MR) is 98.9 cm³/mol. The maximum absolute atomic E-state index is 12.2. The molecule has 0 bridgehead atoms. The molecule has 0 heterocycles. The van der Waals surface area contributed by atoms with Crippen molar-refractivity contribution in [1.29, 1.82) is 0 Å². The smallest absolute Gasteiger partial charge is 0.273 e. The number of ether oxygens (including phenoxy) is 2. The SMILES string of the molecule is COc1cc([N+](=O)[O-])ccc1NC(=O)COc1ccccc1C(C)(C)C. The monoisotopic (exact) mass is 358 g/mol. The van der Waals surface area contributed by atoms with Crippen LogP contribution in [-0.4, -0.2) is 24.5 Å². The average molecular weight is 358 g/mol. The quantitative estimate of drug-likeness (QED) is 0.624. The molecule has 2 aromatic rings. The van der Waals surface area contributed by atoms with Crippen LogP contribution in [0, 0.1) is 10.1 Å². The second-order valence-electron chi connectivity index (χ2n) is 6.72. The predicted octanol–water partition coefficient (Wildman–Crippen LogP) is 3.92. The van der Waals surface area contributed by atoms with Gasteiger partial charge < -0.3 is 14.8 Å². The Morgan fingerprint density at radius 1 is 1.15 bits per heavy atom. The highest BCUT2D eigenvalue weighted by Crippen LogP contribution is 2.31. The minimum Gasteiger partial charge on any atom is -0.494 e. The van der Waals surface area contributed by atoms with Crippen LogP contribution in [0.4, 0.5) is 11.4 Å². The summed E-state index contributed by atoms with van der Waals surface area (Å²) >= 11 is 0. The van der Waals surface area contributed by atoms with Gasteiger partial charge in [-0.2, -0.15) is 0 Å². The number of hydrogen-bond acceptors (Lipinski definition) is 5. The normalized spacial score (nSPS) is 10.9. The first-order valence-corrected chi connectivity index (χ1v) is 8.07. The Morgan fingerprint density at radius 3 is 2.46 bits per heavy atom. The maximum Gasteiger partial charge on any atom is 0.273 e. The first-order chi connectivity index (χ1) is 12.2. The van der Waals surface area contributed by atoms with E-state index in [9.17, 15) is 14.9 Å². The van der Waals surface area contributed by atoms with Crippen LogP contribution in [0.2, 0.25) is 0 Å². The van der Waals surface area contributed by atoms with Gasteiger partial charge >= 0.3 is 0 Å². The van der Waals surface area contributed by atoms with Gasteiger partial charge in [0.15, 0.2) is 6.61 Å². The Kier molecular flexibility index (Phi) is 5.82. The number of non-ortho nitro benzene ring substituents is 1. The fourth-order valence-corrected chi connectivity index (χ4v) is 2.44. The number of hydrogen-bond donors (Lipinski definition) is 1. The van der Waals surface area contributed by atoms with Crippen LogP contribution in [0.15, 0.2) is 42.5 Å². The maximum atomic E-state index is 12.2. The molecule has 0 fully saturated rings. The number of nitrogens with zero attached hydrogens (tertiary/aromatic N) is 1. The highest BCUT2D eigenvalue weighted by atomic mass is 16.6. The van der Waals surface area contributed by atoms with Crippen LogP contribution in [0.3, 0.4) is 0 Å². The third kappa shape index (κ3) is 4.72. The van der Waals surface area contributed by atoms with Crippen molar-refractivity contribution < 1.29 is 19.2 Å². The van der Waals surface area contributed by atoms with Crippen molar-refractivity contribution in [2.24, 2.45) is 0 Å². The van der Waals surface area contributed by atoms with Gasteiger partial charge in [-0.15, -0.1) is 0 Å². The number of nitrogens with one attached hydrogen (secondary N) is 1. The molecule has 0 saturated carbocycles. The van der Waals surface area contributed by atoms with Crippen LogP contribution in [0.5, 0.6) is 11.5 Å². The van der Waals surface area contributed by atoms with E-state index in [0.29, 0.717) is 11.4 Å². The number of rotatable bonds is 6. The lowest BCUT2D eigenvalue weighted by Crippen LogP contribution is -2.22. The number of methoxy groups -OCH3 is 1. The fraction of sp³-hybridized carbons (Fsp3) is 0.316. The Labute approximate surface area is 152 Å². The minimum absolute atomic E-state index is 0.116. The molecule has 0 radical (unpaired) electrons. The van der Waals surface area contributed by atoms with Gasteiger partial charge in [0.05, 0.1) is 23.8 Å². The molecule has 0 atom stereocenters. The Bertz CT molecular complexity index is 812. The van der Waals surface area contributed by atoms with Crippen molar-refractivity contribution in [3.8, 4) is 11.5 Å². The molecule has 1 N–H and O–H groups in total. The van der Waals surface area contributed by atoms with Crippen LogP contribution >= 0.6 is 0 Å². The Hall–Kier alpha value is -3.09. The topological polar surface area (TPSA) is 90.7 Å². The van der Waals surface area contributed by atoms with Crippen molar-refractivity contribution in [2.75, 3.05) is 19.0 Å². The molecule has 7 nitrogen and oxygen atoms in total. The van der Waals surface area contributed by atoms with Crippen LogP contribution in [-0.2, 0) is 10.2 Å². The van der Waals surface area contributed by atoms with Gasteiger partial charge in [-0.25, -0.2) is 0 Å². The van der Waals surface area contributed by atoms with Gasteiger partial charge in [0.1, 0.15) is 11.5 Å². The molecule has 0 aromatic heterocycles. The van der Waals surface area contributed by atoms with E-state index in [1.165, 1.54) is 25.3 Å². The largest absolute Gasteiger partial charge is 0.494 e. The second-order valence-corrected chi connectivity index (χ2v) is 6.72. The zero-order valence-electron chi connectivity index (χ0n) is 15.2. The second kappa shape index (κ2) is 7.86. The number of benzene rings is 2. The van der Waals surface area contributed by atoms with E-state index in [4.69, 9.17) is 9.47 Å². The lowest BCUT2D eigenvalue weighted by Gasteiger charge is -2.22. The number of nitro benzene ring substituents is 1. The summed E-state index contributed by atoms with van der Waals surface area (Å²) in [7, 11) is 1.38. The van der Waals surface area contributed by atoms with E-state index in [1.807, 2.05) is 24.3 Å². The molecule has 0 aliphatic heterocycles. The molecule has 7 heteroatoms. The van der Waals surface area contributed by atoms with Crippen molar-refractivity contribution in [2.45, 2.75) is 26.2 Å². The van der Waals surface area contributed by atoms with Gasteiger partial charge in [-0.1, -0.05) is 39.0 Å². The third-order valence-corrected chi connectivity index (χ3v) is 3.72.